The molecule has 0 saturated heterocycles. The predicted octanol–water partition coefficient (Wildman–Crippen LogP) is 3.04. The van der Waals surface area contributed by atoms with Gasteiger partial charge in [0.15, 0.2) is 0 Å². The number of hydrogen-bond acceptors (Lipinski definition) is 3. The summed E-state index contributed by atoms with van der Waals surface area (Å²) in [5.74, 6) is -0.387. The van der Waals surface area contributed by atoms with Crippen molar-refractivity contribution in [3.8, 4) is 0 Å². The maximum atomic E-state index is 12.1. The van der Waals surface area contributed by atoms with Gasteiger partial charge in [0, 0.05) is 0 Å². The van der Waals surface area contributed by atoms with E-state index in [-0.39, 0.29) is 5.97 Å². The van der Waals surface area contributed by atoms with E-state index in [1.165, 1.54) is 5.56 Å². The molecule has 0 amide bonds. The minimum atomic E-state index is -1.10. The maximum absolute atomic E-state index is 12.1. The highest BCUT2D eigenvalue weighted by atomic mass is 16.5. The van der Waals surface area contributed by atoms with Crippen molar-refractivity contribution >= 4 is 5.97 Å². The average Bonchev–Trinajstić information content (AvgIpc) is 2.53. The lowest BCUT2D eigenvalue weighted by atomic mass is 9.93. The van der Waals surface area contributed by atoms with E-state index in [9.17, 15) is 4.79 Å². The second-order valence-corrected chi connectivity index (χ2v) is 5.29. The molecule has 0 aliphatic carbocycles. The molecule has 0 aliphatic heterocycles. The molecular weight excluding hydrogens is 262 g/mol. The van der Waals surface area contributed by atoms with Crippen LogP contribution in [-0.2, 0) is 21.5 Å². The first-order chi connectivity index (χ1) is 10.1. The number of carbonyl (C=O) groups excluding carboxylic acids is 1. The van der Waals surface area contributed by atoms with Crippen LogP contribution in [0.2, 0.25) is 0 Å². The summed E-state index contributed by atoms with van der Waals surface area (Å²) in [7, 11) is 0. The van der Waals surface area contributed by atoms with Crippen molar-refractivity contribution in [1.82, 2.24) is 0 Å². The van der Waals surface area contributed by atoms with E-state index in [1.807, 2.05) is 48.5 Å². The van der Waals surface area contributed by atoms with Gasteiger partial charge in [0.1, 0.15) is 5.54 Å². The molecular formula is C18H21NO2. The fourth-order valence-electron chi connectivity index (χ4n) is 2.14. The SMILES string of the molecule is CC(N)(C(=O)OCCCc1ccccc1)c1ccccc1. The minimum absolute atomic E-state index is 0.382. The standard InChI is InChI=1S/C18H21NO2/c1-18(19,16-12-6-3-7-13-16)17(20)21-14-8-11-15-9-4-2-5-10-15/h2-7,9-10,12-13H,8,11,14,19H2,1H3. The highest BCUT2D eigenvalue weighted by Crippen LogP contribution is 2.19. The normalized spacial score (nSPS) is 13.4. The van der Waals surface area contributed by atoms with Gasteiger partial charge in [0.2, 0.25) is 0 Å². The van der Waals surface area contributed by atoms with Crippen LogP contribution in [0.1, 0.15) is 24.5 Å². The first-order valence-electron chi connectivity index (χ1n) is 7.16. The van der Waals surface area contributed by atoms with E-state index in [1.54, 1.807) is 6.92 Å². The van der Waals surface area contributed by atoms with Gasteiger partial charge in [-0.2, -0.15) is 0 Å². The quantitative estimate of drug-likeness (QED) is 0.655. The highest BCUT2D eigenvalue weighted by Gasteiger charge is 2.31. The van der Waals surface area contributed by atoms with E-state index in [4.69, 9.17) is 10.5 Å². The lowest BCUT2D eigenvalue weighted by molar-refractivity contribution is -0.150. The van der Waals surface area contributed by atoms with E-state index in [0.29, 0.717) is 6.61 Å². The minimum Gasteiger partial charge on any atom is -0.464 e. The molecule has 0 heterocycles. The average molecular weight is 283 g/mol. The Morgan fingerprint density at radius 3 is 2.24 bits per heavy atom. The van der Waals surface area contributed by atoms with Crippen LogP contribution in [0, 0.1) is 0 Å². The van der Waals surface area contributed by atoms with Crippen molar-refractivity contribution in [1.29, 1.82) is 0 Å². The summed E-state index contributed by atoms with van der Waals surface area (Å²) in [6.45, 7) is 2.06. The van der Waals surface area contributed by atoms with Gasteiger partial charge in [-0.3, -0.25) is 0 Å². The number of esters is 1. The van der Waals surface area contributed by atoms with Crippen molar-refractivity contribution in [2.45, 2.75) is 25.3 Å². The van der Waals surface area contributed by atoms with Gasteiger partial charge in [-0.15, -0.1) is 0 Å². The number of benzene rings is 2. The van der Waals surface area contributed by atoms with Crippen LogP contribution in [0.5, 0.6) is 0 Å². The van der Waals surface area contributed by atoms with Crippen molar-refractivity contribution in [2.24, 2.45) is 5.73 Å². The van der Waals surface area contributed by atoms with Gasteiger partial charge in [-0.25, -0.2) is 4.79 Å². The number of rotatable bonds is 6. The molecule has 0 radical (unpaired) electrons. The summed E-state index contributed by atoms with van der Waals surface area (Å²) in [6, 6.07) is 19.4. The molecule has 0 bridgehead atoms. The molecule has 2 aromatic carbocycles. The zero-order chi connectivity index (χ0) is 15.1. The molecule has 2 N–H and O–H groups in total. The zero-order valence-corrected chi connectivity index (χ0v) is 12.3. The van der Waals surface area contributed by atoms with E-state index in [2.05, 4.69) is 12.1 Å². The van der Waals surface area contributed by atoms with Crippen LogP contribution >= 0.6 is 0 Å². The molecule has 0 saturated carbocycles. The number of carbonyl (C=O) groups is 1. The second kappa shape index (κ2) is 7.04. The van der Waals surface area contributed by atoms with Gasteiger partial charge in [-0.1, -0.05) is 60.7 Å². The van der Waals surface area contributed by atoms with Crippen LogP contribution in [0.3, 0.4) is 0 Å². The van der Waals surface area contributed by atoms with Crippen molar-refractivity contribution < 1.29 is 9.53 Å². The van der Waals surface area contributed by atoms with E-state index < -0.39 is 5.54 Å². The van der Waals surface area contributed by atoms with E-state index in [0.717, 1.165) is 18.4 Å². The Morgan fingerprint density at radius 1 is 1.05 bits per heavy atom. The largest absolute Gasteiger partial charge is 0.464 e. The number of nitrogens with two attached hydrogens (primary N) is 1. The molecule has 0 aliphatic rings. The molecule has 1 atom stereocenters. The fraction of sp³-hybridized carbons (Fsp3) is 0.278. The molecule has 0 spiro atoms. The molecule has 2 rings (SSSR count). The number of aryl methyl sites for hydroxylation is 1. The highest BCUT2D eigenvalue weighted by molar-refractivity contribution is 5.81. The fourth-order valence-corrected chi connectivity index (χ4v) is 2.14. The van der Waals surface area contributed by atoms with Crippen LogP contribution in [-0.4, -0.2) is 12.6 Å². The summed E-state index contributed by atoms with van der Waals surface area (Å²) in [6.07, 6.45) is 1.68. The summed E-state index contributed by atoms with van der Waals surface area (Å²) >= 11 is 0. The van der Waals surface area contributed by atoms with E-state index >= 15 is 0 Å². The van der Waals surface area contributed by atoms with Crippen LogP contribution in [0.15, 0.2) is 60.7 Å². The molecule has 0 aromatic heterocycles. The molecule has 3 heteroatoms. The Hall–Kier alpha value is -2.13. The third kappa shape index (κ3) is 4.17. The molecule has 1 unspecified atom stereocenters. The Labute approximate surface area is 125 Å². The lowest BCUT2D eigenvalue weighted by Crippen LogP contribution is -2.43. The Balaban J connectivity index is 1.82. The van der Waals surface area contributed by atoms with Gasteiger partial charge in [0.05, 0.1) is 6.61 Å². The zero-order valence-electron chi connectivity index (χ0n) is 12.3. The first kappa shape index (κ1) is 15.3. The second-order valence-electron chi connectivity index (χ2n) is 5.29. The topological polar surface area (TPSA) is 52.3 Å². The Morgan fingerprint density at radius 2 is 1.62 bits per heavy atom. The number of hydrogen-bond donors (Lipinski definition) is 1. The lowest BCUT2D eigenvalue weighted by Gasteiger charge is -2.23. The van der Waals surface area contributed by atoms with Crippen LogP contribution in [0.4, 0.5) is 0 Å². The summed E-state index contributed by atoms with van der Waals surface area (Å²) in [4.78, 5) is 12.1. The van der Waals surface area contributed by atoms with Crippen LogP contribution in [0.25, 0.3) is 0 Å². The maximum Gasteiger partial charge on any atom is 0.330 e. The summed E-state index contributed by atoms with van der Waals surface area (Å²) in [5.41, 5.74) is 7.00. The number of ether oxygens (including phenoxy) is 1. The third-order valence-corrected chi connectivity index (χ3v) is 3.48. The molecule has 110 valence electrons. The molecule has 3 nitrogen and oxygen atoms in total. The van der Waals surface area contributed by atoms with Crippen LogP contribution < -0.4 is 5.73 Å². The van der Waals surface area contributed by atoms with Crippen molar-refractivity contribution in [3.05, 3.63) is 71.8 Å². The Bertz CT molecular complexity index is 564. The van der Waals surface area contributed by atoms with Gasteiger partial charge in [-0.05, 0) is 30.9 Å². The summed E-state index contributed by atoms with van der Waals surface area (Å²) in [5, 5.41) is 0. The first-order valence-corrected chi connectivity index (χ1v) is 7.16. The third-order valence-electron chi connectivity index (χ3n) is 3.48. The predicted molar refractivity (Wildman–Crippen MR) is 83.7 cm³/mol. The summed E-state index contributed by atoms with van der Waals surface area (Å²) < 4.78 is 5.32. The smallest absolute Gasteiger partial charge is 0.330 e. The monoisotopic (exact) mass is 283 g/mol. The van der Waals surface area contributed by atoms with Gasteiger partial charge in [0.25, 0.3) is 0 Å². The molecule has 2 aromatic rings. The van der Waals surface area contributed by atoms with Crippen molar-refractivity contribution in [2.75, 3.05) is 6.61 Å². The Kier molecular flexibility index (Phi) is 5.12. The molecule has 0 fully saturated rings. The van der Waals surface area contributed by atoms with Gasteiger partial charge < -0.3 is 10.5 Å². The molecule has 21 heavy (non-hydrogen) atoms. The van der Waals surface area contributed by atoms with Crippen molar-refractivity contribution in [3.63, 3.8) is 0 Å². The van der Waals surface area contributed by atoms with Gasteiger partial charge >= 0.3 is 5.97 Å².